The van der Waals surface area contributed by atoms with Gasteiger partial charge in [-0.2, -0.15) is 9.78 Å². The van der Waals surface area contributed by atoms with E-state index in [0.717, 1.165) is 8.04 Å². The van der Waals surface area contributed by atoms with Gasteiger partial charge in [-0.1, -0.05) is 36.7 Å². The molecule has 0 aliphatic heterocycles. The molecule has 1 aromatic heterocycles. The van der Waals surface area contributed by atoms with Gasteiger partial charge < -0.3 is 14.2 Å². The summed E-state index contributed by atoms with van der Waals surface area (Å²) < 4.78 is 19.6. The quantitative estimate of drug-likeness (QED) is 0.174. The van der Waals surface area contributed by atoms with E-state index in [-0.39, 0.29) is 12.2 Å². The van der Waals surface area contributed by atoms with Crippen LogP contribution in [-0.4, -0.2) is 41.2 Å². The standard InChI is InChI=1S/C26H29BrIN3O5/c1-7-34-21-12-16(11-19(28)22(21)36-15(3)24(33)35-8-2)14-29-31-23(32)18-13-17(27)9-10-20(18)30-25(31)26(4,5)6/h9-15H,7-8H2,1-6H3/t15-/m0/s1. The molecular weight excluding hydrogens is 641 g/mol. The van der Waals surface area contributed by atoms with Crippen LogP contribution in [0.3, 0.4) is 0 Å². The number of carbonyl (C=O) groups excluding carboxylic acids is 1. The van der Waals surface area contributed by atoms with Crippen LogP contribution in [-0.2, 0) is 14.9 Å². The molecule has 0 saturated carbocycles. The second-order valence-electron chi connectivity index (χ2n) is 8.98. The number of esters is 1. The van der Waals surface area contributed by atoms with E-state index in [0.29, 0.717) is 40.4 Å². The molecule has 3 rings (SSSR count). The van der Waals surface area contributed by atoms with Crippen molar-refractivity contribution in [2.45, 2.75) is 53.1 Å². The highest BCUT2D eigenvalue weighted by atomic mass is 127. The van der Waals surface area contributed by atoms with Gasteiger partial charge in [0.05, 0.1) is 33.9 Å². The Morgan fingerprint density at radius 2 is 1.94 bits per heavy atom. The number of halogens is 2. The number of fused-ring (bicyclic) bond motifs is 1. The van der Waals surface area contributed by atoms with Crippen molar-refractivity contribution in [1.29, 1.82) is 0 Å². The van der Waals surface area contributed by atoms with Gasteiger partial charge in [0.2, 0.25) is 0 Å². The summed E-state index contributed by atoms with van der Waals surface area (Å²) in [6.45, 7) is 11.9. The summed E-state index contributed by atoms with van der Waals surface area (Å²) in [5.41, 5.74) is 0.624. The zero-order valence-corrected chi connectivity index (χ0v) is 24.8. The van der Waals surface area contributed by atoms with Crippen LogP contribution in [0.1, 0.15) is 52.9 Å². The fourth-order valence-corrected chi connectivity index (χ4v) is 4.50. The molecule has 36 heavy (non-hydrogen) atoms. The molecule has 0 aliphatic carbocycles. The molecule has 2 aromatic carbocycles. The van der Waals surface area contributed by atoms with E-state index in [1.165, 1.54) is 4.68 Å². The summed E-state index contributed by atoms with van der Waals surface area (Å²) >= 11 is 5.55. The molecule has 0 bridgehead atoms. The first-order chi connectivity index (χ1) is 17.0. The summed E-state index contributed by atoms with van der Waals surface area (Å²) in [4.78, 5) is 30.2. The highest BCUT2D eigenvalue weighted by Crippen LogP contribution is 2.35. The lowest BCUT2D eigenvalue weighted by Crippen LogP contribution is -2.29. The van der Waals surface area contributed by atoms with Crippen molar-refractivity contribution in [3.8, 4) is 11.5 Å². The van der Waals surface area contributed by atoms with Gasteiger partial charge in [0.15, 0.2) is 17.6 Å². The van der Waals surface area contributed by atoms with Crippen LogP contribution in [0.4, 0.5) is 0 Å². The van der Waals surface area contributed by atoms with Gasteiger partial charge in [-0.15, -0.1) is 0 Å². The Labute approximate surface area is 232 Å². The fraction of sp³-hybridized carbons (Fsp3) is 0.385. The van der Waals surface area contributed by atoms with Crippen molar-refractivity contribution in [1.82, 2.24) is 9.66 Å². The molecule has 0 radical (unpaired) electrons. The van der Waals surface area contributed by atoms with Gasteiger partial charge in [-0.25, -0.2) is 9.78 Å². The minimum Gasteiger partial charge on any atom is -0.490 e. The molecule has 0 N–H and O–H groups in total. The highest BCUT2D eigenvalue weighted by molar-refractivity contribution is 14.1. The van der Waals surface area contributed by atoms with Crippen molar-refractivity contribution >= 4 is 61.6 Å². The molecule has 192 valence electrons. The van der Waals surface area contributed by atoms with E-state index in [2.05, 4.69) is 43.6 Å². The number of hydrogen-bond acceptors (Lipinski definition) is 7. The first kappa shape index (κ1) is 28.1. The predicted molar refractivity (Wildman–Crippen MR) is 152 cm³/mol. The Bertz CT molecular complexity index is 1360. The largest absolute Gasteiger partial charge is 0.490 e. The van der Waals surface area contributed by atoms with Gasteiger partial charge in [-0.05, 0) is 79.3 Å². The minimum absolute atomic E-state index is 0.259. The van der Waals surface area contributed by atoms with E-state index >= 15 is 0 Å². The third-order valence-corrected chi connectivity index (χ3v) is 6.34. The van der Waals surface area contributed by atoms with E-state index in [1.54, 1.807) is 32.2 Å². The third kappa shape index (κ3) is 6.44. The molecule has 0 saturated heterocycles. The Balaban J connectivity index is 2.08. The second kappa shape index (κ2) is 11.7. The number of benzene rings is 2. The Morgan fingerprint density at radius 3 is 2.58 bits per heavy atom. The fourth-order valence-electron chi connectivity index (χ4n) is 3.39. The van der Waals surface area contributed by atoms with Gasteiger partial charge in [0.1, 0.15) is 5.82 Å². The maximum absolute atomic E-state index is 13.4. The van der Waals surface area contributed by atoms with Crippen LogP contribution in [0.15, 0.2) is 44.7 Å². The lowest BCUT2D eigenvalue weighted by Gasteiger charge is -2.21. The number of ether oxygens (including phenoxy) is 3. The van der Waals surface area contributed by atoms with Gasteiger partial charge in [-0.3, -0.25) is 4.79 Å². The Morgan fingerprint density at radius 1 is 1.22 bits per heavy atom. The molecule has 0 fully saturated rings. The molecule has 0 amide bonds. The number of nitrogens with zero attached hydrogens (tertiary/aromatic N) is 3. The molecule has 10 heteroatoms. The molecule has 0 aliphatic rings. The van der Waals surface area contributed by atoms with Crippen molar-refractivity contribution in [2.75, 3.05) is 13.2 Å². The summed E-state index contributed by atoms with van der Waals surface area (Å²) in [7, 11) is 0. The maximum Gasteiger partial charge on any atom is 0.347 e. The predicted octanol–water partition coefficient (Wildman–Crippen LogP) is 5.67. The number of carbonyl (C=O) groups is 1. The van der Waals surface area contributed by atoms with Gasteiger partial charge in [0.25, 0.3) is 5.56 Å². The molecule has 1 atom stereocenters. The third-order valence-electron chi connectivity index (χ3n) is 5.05. The van der Waals surface area contributed by atoms with Gasteiger partial charge >= 0.3 is 5.97 Å². The summed E-state index contributed by atoms with van der Waals surface area (Å²) in [6.07, 6.45) is 0.791. The minimum atomic E-state index is -0.798. The number of rotatable bonds is 8. The van der Waals surface area contributed by atoms with Crippen LogP contribution in [0, 0.1) is 3.57 Å². The van der Waals surface area contributed by atoms with Crippen molar-refractivity contribution in [3.63, 3.8) is 0 Å². The summed E-state index contributed by atoms with van der Waals surface area (Å²) in [5, 5.41) is 5.00. The molecular formula is C26H29BrIN3O5. The summed E-state index contributed by atoms with van der Waals surface area (Å²) in [6, 6.07) is 9.02. The normalized spacial score (nSPS) is 12.7. The van der Waals surface area contributed by atoms with E-state index in [4.69, 9.17) is 19.2 Å². The molecule has 0 spiro atoms. The number of aromatic nitrogens is 2. The number of hydrogen-bond donors (Lipinski definition) is 0. The van der Waals surface area contributed by atoms with Crippen LogP contribution in [0.5, 0.6) is 11.5 Å². The highest BCUT2D eigenvalue weighted by Gasteiger charge is 2.23. The van der Waals surface area contributed by atoms with Crippen LogP contribution in [0.2, 0.25) is 0 Å². The van der Waals surface area contributed by atoms with Gasteiger partial charge in [0, 0.05) is 9.89 Å². The zero-order valence-electron chi connectivity index (χ0n) is 21.1. The molecule has 3 aromatic rings. The van der Waals surface area contributed by atoms with E-state index < -0.39 is 17.5 Å². The van der Waals surface area contributed by atoms with Crippen molar-refractivity contribution < 1.29 is 19.0 Å². The van der Waals surface area contributed by atoms with E-state index in [9.17, 15) is 9.59 Å². The van der Waals surface area contributed by atoms with Crippen LogP contribution >= 0.6 is 38.5 Å². The monoisotopic (exact) mass is 669 g/mol. The summed E-state index contributed by atoms with van der Waals surface area (Å²) in [5.74, 6) is 0.998. The molecule has 0 unspecified atom stereocenters. The Kier molecular flexibility index (Phi) is 9.15. The first-order valence-corrected chi connectivity index (χ1v) is 13.4. The van der Waals surface area contributed by atoms with Crippen molar-refractivity contribution in [2.24, 2.45) is 5.10 Å². The Hall–Kier alpha value is -2.47. The topological polar surface area (TPSA) is 92.0 Å². The zero-order chi connectivity index (χ0) is 26.6. The lowest BCUT2D eigenvalue weighted by atomic mass is 9.95. The average Bonchev–Trinajstić information content (AvgIpc) is 2.80. The second-order valence-corrected chi connectivity index (χ2v) is 11.1. The lowest BCUT2D eigenvalue weighted by molar-refractivity contribution is -0.150. The SMILES string of the molecule is CCOC(=O)[C@H](C)Oc1c(I)cc(C=Nn2c(C(C)(C)C)nc3ccc(Br)cc3c2=O)cc1OCC. The van der Waals surface area contributed by atoms with Crippen LogP contribution in [0.25, 0.3) is 10.9 Å². The maximum atomic E-state index is 13.4. The average molecular weight is 670 g/mol. The van der Waals surface area contributed by atoms with Crippen molar-refractivity contribution in [3.05, 3.63) is 60.1 Å². The molecule has 8 nitrogen and oxygen atoms in total. The van der Waals surface area contributed by atoms with Crippen LogP contribution < -0.4 is 15.0 Å². The first-order valence-electron chi connectivity index (χ1n) is 11.5. The molecule has 1 heterocycles. The van der Waals surface area contributed by atoms with E-state index in [1.807, 2.05) is 45.9 Å². The smallest absolute Gasteiger partial charge is 0.347 e.